The molecule has 0 radical (unpaired) electrons. The maximum Gasteiger partial charge on any atom is 0.261 e. The minimum Gasteiger partial charge on any atom is -0.344 e. The van der Waals surface area contributed by atoms with Crippen molar-refractivity contribution in [3.63, 3.8) is 0 Å². The van der Waals surface area contributed by atoms with Crippen molar-refractivity contribution in [3.05, 3.63) is 90.3 Å². The summed E-state index contributed by atoms with van der Waals surface area (Å²) < 4.78 is 27.4. The van der Waals surface area contributed by atoms with Crippen molar-refractivity contribution >= 4 is 21.6 Å². The minimum absolute atomic E-state index is 0.0840. The van der Waals surface area contributed by atoms with E-state index in [0.29, 0.717) is 11.3 Å². The third-order valence-corrected chi connectivity index (χ3v) is 5.33. The number of amides is 1. The number of nitrogens with one attached hydrogen (secondary N) is 2. The zero-order valence-electron chi connectivity index (χ0n) is 14.7. The molecule has 1 unspecified atom stereocenters. The molecule has 2 aromatic carbocycles. The third-order valence-electron chi connectivity index (χ3n) is 3.93. The van der Waals surface area contributed by atoms with Crippen LogP contribution in [0.4, 0.5) is 5.69 Å². The molecule has 7 heteroatoms. The number of aromatic nitrogens is 1. The van der Waals surface area contributed by atoms with E-state index in [-0.39, 0.29) is 16.8 Å². The highest BCUT2D eigenvalue weighted by Crippen LogP contribution is 2.17. The number of anilines is 1. The Kier molecular flexibility index (Phi) is 5.52. The first-order chi connectivity index (χ1) is 13.0. The second-order valence-corrected chi connectivity index (χ2v) is 7.63. The van der Waals surface area contributed by atoms with E-state index in [1.165, 1.54) is 24.3 Å². The molecule has 0 fully saturated rings. The first-order valence-corrected chi connectivity index (χ1v) is 9.84. The smallest absolute Gasteiger partial charge is 0.261 e. The highest BCUT2D eigenvalue weighted by molar-refractivity contribution is 7.92. The van der Waals surface area contributed by atoms with Gasteiger partial charge in [-0.25, -0.2) is 8.42 Å². The zero-order chi connectivity index (χ0) is 19.3. The van der Waals surface area contributed by atoms with E-state index in [2.05, 4.69) is 15.0 Å². The summed E-state index contributed by atoms with van der Waals surface area (Å²) in [6.07, 6.45) is 1.66. The fourth-order valence-corrected chi connectivity index (χ4v) is 3.55. The van der Waals surface area contributed by atoms with Crippen LogP contribution in [-0.2, 0) is 10.0 Å². The number of hydrogen-bond donors (Lipinski definition) is 2. The molecule has 0 spiro atoms. The topological polar surface area (TPSA) is 88.2 Å². The number of carbonyl (C=O) groups is 1. The maximum atomic E-state index is 12.4. The van der Waals surface area contributed by atoms with Gasteiger partial charge in [0.25, 0.3) is 15.9 Å². The second kappa shape index (κ2) is 8.01. The lowest BCUT2D eigenvalue weighted by molar-refractivity contribution is 0.0939. The molecule has 0 aliphatic rings. The number of nitrogens with zero attached hydrogens (tertiary/aromatic N) is 1. The van der Waals surface area contributed by atoms with Gasteiger partial charge in [0.15, 0.2) is 0 Å². The maximum absolute atomic E-state index is 12.4. The Balaban J connectivity index is 1.70. The molecule has 1 heterocycles. The molecule has 1 amide bonds. The Bertz CT molecular complexity index is 1010. The molecule has 1 atom stereocenters. The van der Waals surface area contributed by atoms with Gasteiger partial charge in [0.05, 0.1) is 16.6 Å². The van der Waals surface area contributed by atoms with E-state index in [9.17, 15) is 13.2 Å². The average Bonchev–Trinajstić information content (AvgIpc) is 2.69. The SMILES string of the molecule is CC(NC(=O)c1ccc(S(=O)(=O)Nc2ccccc2)cc1)c1ccccn1. The quantitative estimate of drug-likeness (QED) is 0.685. The standard InChI is InChI=1S/C20H19N3O3S/c1-15(19-9-5-6-14-21-19)22-20(24)16-10-12-18(13-11-16)27(25,26)23-17-7-3-2-4-8-17/h2-15,23H,1H3,(H,22,24). The van der Waals surface area contributed by atoms with E-state index < -0.39 is 10.0 Å². The minimum atomic E-state index is -3.71. The van der Waals surface area contributed by atoms with Gasteiger partial charge in [-0.2, -0.15) is 0 Å². The van der Waals surface area contributed by atoms with Gasteiger partial charge >= 0.3 is 0 Å². The summed E-state index contributed by atoms with van der Waals surface area (Å²) in [4.78, 5) is 16.7. The summed E-state index contributed by atoms with van der Waals surface area (Å²) in [6, 6.07) is 19.6. The lowest BCUT2D eigenvalue weighted by atomic mass is 10.1. The van der Waals surface area contributed by atoms with Crippen LogP contribution in [0.15, 0.2) is 83.9 Å². The number of hydrogen-bond acceptors (Lipinski definition) is 4. The molecule has 0 bridgehead atoms. The molecule has 138 valence electrons. The molecule has 3 aromatic rings. The monoisotopic (exact) mass is 381 g/mol. The van der Waals surface area contributed by atoms with Crippen molar-refractivity contribution in [1.82, 2.24) is 10.3 Å². The average molecular weight is 381 g/mol. The van der Waals surface area contributed by atoms with Gasteiger partial charge in [-0.05, 0) is 55.5 Å². The van der Waals surface area contributed by atoms with Crippen molar-refractivity contribution in [3.8, 4) is 0 Å². The lowest BCUT2D eigenvalue weighted by Crippen LogP contribution is -2.27. The molecule has 0 aliphatic heterocycles. The van der Waals surface area contributed by atoms with Crippen molar-refractivity contribution in [1.29, 1.82) is 0 Å². The van der Waals surface area contributed by atoms with E-state index in [0.717, 1.165) is 5.69 Å². The zero-order valence-corrected chi connectivity index (χ0v) is 15.5. The number of rotatable bonds is 6. The van der Waals surface area contributed by atoms with Crippen LogP contribution < -0.4 is 10.0 Å². The van der Waals surface area contributed by atoms with Crippen molar-refractivity contribution in [2.45, 2.75) is 17.9 Å². The molecule has 3 rings (SSSR count). The van der Waals surface area contributed by atoms with Crippen molar-refractivity contribution in [2.24, 2.45) is 0 Å². The van der Waals surface area contributed by atoms with Crippen LogP contribution in [-0.4, -0.2) is 19.3 Å². The van der Waals surface area contributed by atoms with Gasteiger partial charge in [-0.1, -0.05) is 24.3 Å². The first-order valence-electron chi connectivity index (χ1n) is 8.35. The van der Waals surface area contributed by atoms with Gasteiger partial charge in [0.2, 0.25) is 0 Å². The van der Waals surface area contributed by atoms with Crippen LogP contribution in [0.3, 0.4) is 0 Å². The Morgan fingerprint density at radius 1 is 0.926 bits per heavy atom. The fourth-order valence-electron chi connectivity index (χ4n) is 2.49. The van der Waals surface area contributed by atoms with Gasteiger partial charge in [-0.15, -0.1) is 0 Å². The largest absolute Gasteiger partial charge is 0.344 e. The van der Waals surface area contributed by atoms with Crippen LogP contribution in [0.5, 0.6) is 0 Å². The first kappa shape index (κ1) is 18.6. The molecule has 0 aliphatic carbocycles. The summed E-state index contributed by atoms with van der Waals surface area (Å²) in [5, 5.41) is 2.84. The van der Waals surface area contributed by atoms with Crippen molar-refractivity contribution in [2.75, 3.05) is 4.72 Å². The van der Waals surface area contributed by atoms with Crippen LogP contribution in [0.1, 0.15) is 29.0 Å². The van der Waals surface area contributed by atoms with Crippen LogP contribution >= 0.6 is 0 Å². The Hall–Kier alpha value is -3.19. The van der Waals surface area contributed by atoms with E-state index >= 15 is 0 Å². The van der Waals surface area contributed by atoms with E-state index in [4.69, 9.17) is 0 Å². The predicted octanol–water partition coefficient (Wildman–Crippen LogP) is 3.37. The van der Waals surface area contributed by atoms with Gasteiger partial charge in [-0.3, -0.25) is 14.5 Å². The molecule has 0 saturated heterocycles. The Morgan fingerprint density at radius 2 is 1.59 bits per heavy atom. The Labute approximate surface area is 158 Å². The Morgan fingerprint density at radius 3 is 2.22 bits per heavy atom. The highest BCUT2D eigenvalue weighted by Gasteiger charge is 2.16. The molecular formula is C20H19N3O3S. The molecule has 2 N–H and O–H groups in total. The molecule has 0 saturated carbocycles. The van der Waals surface area contributed by atoms with Gasteiger partial charge < -0.3 is 5.32 Å². The highest BCUT2D eigenvalue weighted by atomic mass is 32.2. The van der Waals surface area contributed by atoms with Crippen molar-refractivity contribution < 1.29 is 13.2 Å². The number of sulfonamides is 1. The number of pyridine rings is 1. The summed E-state index contributed by atoms with van der Waals surface area (Å²) in [5.41, 5.74) is 1.59. The molecular weight excluding hydrogens is 362 g/mol. The summed E-state index contributed by atoms with van der Waals surface area (Å²) in [6.45, 7) is 1.84. The normalized spacial score (nSPS) is 12.2. The molecule has 27 heavy (non-hydrogen) atoms. The number of carbonyl (C=O) groups excluding carboxylic acids is 1. The van der Waals surface area contributed by atoms with Gasteiger partial charge in [0, 0.05) is 17.4 Å². The lowest BCUT2D eigenvalue weighted by Gasteiger charge is -2.13. The molecule has 1 aromatic heterocycles. The predicted molar refractivity (Wildman–Crippen MR) is 104 cm³/mol. The fraction of sp³-hybridized carbons (Fsp3) is 0.100. The van der Waals surface area contributed by atoms with Crippen LogP contribution in [0.25, 0.3) is 0 Å². The van der Waals surface area contributed by atoms with Crippen LogP contribution in [0, 0.1) is 0 Å². The number of benzene rings is 2. The molecule has 6 nitrogen and oxygen atoms in total. The van der Waals surface area contributed by atoms with E-state index in [1.54, 1.807) is 42.6 Å². The summed E-state index contributed by atoms with van der Waals surface area (Å²) in [7, 11) is -3.71. The van der Waals surface area contributed by atoms with E-state index in [1.807, 2.05) is 19.1 Å². The summed E-state index contributed by atoms with van der Waals surface area (Å²) >= 11 is 0. The van der Waals surface area contributed by atoms with Gasteiger partial charge in [0.1, 0.15) is 0 Å². The summed E-state index contributed by atoms with van der Waals surface area (Å²) in [5.74, 6) is -0.298. The second-order valence-electron chi connectivity index (χ2n) is 5.95. The van der Waals surface area contributed by atoms with Crippen LogP contribution in [0.2, 0.25) is 0 Å². The number of para-hydroxylation sites is 1. The third kappa shape index (κ3) is 4.71.